The van der Waals surface area contributed by atoms with Gasteiger partial charge in [0, 0.05) is 30.4 Å². The average molecular weight is 397 g/mol. The van der Waals surface area contributed by atoms with Crippen molar-refractivity contribution in [1.29, 1.82) is 0 Å². The lowest BCUT2D eigenvalue weighted by Gasteiger charge is -2.17. The highest BCUT2D eigenvalue weighted by Gasteiger charge is 2.24. The summed E-state index contributed by atoms with van der Waals surface area (Å²) in [5.74, 6) is -0.875. The molecule has 1 aliphatic heterocycles. The van der Waals surface area contributed by atoms with Gasteiger partial charge in [-0.2, -0.15) is 0 Å². The minimum absolute atomic E-state index is 0.0754. The van der Waals surface area contributed by atoms with E-state index in [0.717, 1.165) is 32.4 Å². The molecule has 8 heteroatoms. The number of nitrogens with one attached hydrogen (secondary N) is 1. The molecule has 1 amide bonds. The maximum absolute atomic E-state index is 12.5. The van der Waals surface area contributed by atoms with Crippen molar-refractivity contribution in [3.8, 4) is 0 Å². The van der Waals surface area contributed by atoms with Crippen molar-refractivity contribution in [1.82, 2.24) is 0 Å². The van der Waals surface area contributed by atoms with Crippen LogP contribution in [0.15, 0.2) is 42.5 Å². The molecule has 8 nitrogen and oxygen atoms in total. The van der Waals surface area contributed by atoms with E-state index in [0.29, 0.717) is 23.5 Å². The molecule has 0 radical (unpaired) electrons. The molecule has 152 valence electrons. The second-order valence-electron chi connectivity index (χ2n) is 6.82. The Hall–Kier alpha value is -3.42. The highest BCUT2D eigenvalue weighted by atomic mass is 16.6. The smallest absolute Gasteiger partial charge is 0.338 e. The van der Waals surface area contributed by atoms with Crippen LogP contribution in [0, 0.1) is 10.1 Å². The van der Waals surface area contributed by atoms with Gasteiger partial charge in [0.2, 0.25) is 0 Å². The van der Waals surface area contributed by atoms with Gasteiger partial charge in [-0.05, 0) is 55.7 Å². The highest BCUT2D eigenvalue weighted by molar-refractivity contribution is 6.05. The molecule has 0 aliphatic carbocycles. The number of carbonyl (C=O) groups is 2. The van der Waals surface area contributed by atoms with Crippen molar-refractivity contribution < 1.29 is 19.2 Å². The van der Waals surface area contributed by atoms with Gasteiger partial charge in [-0.25, -0.2) is 4.79 Å². The number of nitro benzene ring substituents is 1. The fourth-order valence-corrected chi connectivity index (χ4v) is 3.21. The Bertz CT molecular complexity index is 905. The van der Waals surface area contributed by atoms with Crippen LogP contribution in [-0.4, -0.2) is 36.5 Å². The van der Waals surface area contributed by atoms with Crippen molar-refractivity contribution in [3.63, 3.8) is 0 Å². The van der Waals surface area contributed by atoms with Gasteiger partial charge in [0.1, 0.15) is 5.69 Å². The van der Waals surface area contributed by atoms with Crippen LogP contribution >= 0.6 is 0 Å². The summed E-state index contributed by atoms with van der Waals surface area (Å²) >= 11 is 0. The second-order valence-corrected chi connectivity index (χ2v) is 6.82. The van der Waals surface area contributed by atoms with Crippen molar-refractivity contribution in [2.45, 2.75) is 26.2 Å². The molecule has 1 fully saturated rings. The van der Waals surface area contributed by atoms with E-state index in [-0.39, 0.29) is 11.3 Å². The molecule has 0 aromatic heterocycles. The normalized spacial score (nSPS) is 13.2. The summed E-state index contributed by atoms with van der Waals surface area (Å²) in [6, 6.07) is 10.8. The first-order valence-corrected chi connectivity index (χ1v) is 9.61. The molecular formula is C21H23N3O5. The van der Waals surface area contributed by atoms with Crippen LogP contribution in [0.3, 0.4) is 0 Å². The fraction of sp³-hybridized carbons (Fsp3) is 0.333. The van der Waals surface area contributed by atoms with Gasteiger partial charge in [-0.1, -0.05) is 6.92 Å². The van der Waals surface area contributed by atoms with Gasteiger partial charge in [0.15, 0.2) is 0 Å². The molecule has 1 heterocycles. The molecule has 2 aromatic rings. The number of esters is 1. The predicted molar refractivity (Wildman–Crippen MR) is 110 cm³/mol. The zero-order valence-corrected chi connectivity index (χ0v) is 16.2. The van der Waals surface area contributed by atoms with Crippen molar-refractivity contribution >= 4 is 28.9 Å². The molecule has 1 saturated heterocycles. The quantitative estimate of drug-likeness (QED) is 0.430. The van der Waals surface area contributed by atoms with E-state index in [1.807, 2.05) is 11.8 Å². The third kappa shape index (κ3) is 4.90. The van der Waals surface area contributed by atoms with Crippen LogP contribution in [0.1, 0.15) is 46.9 Å². The Kier molecular flexibility index (Phi) is 6.43. The topological polar surface area (TPSA) is 102 Å². The first kappa shape index (κ1) is 20.3. The van der Waals surface area contributed by atoms with Crippen LogP contribution in [0.2, 0.25) is 0 Å². The standard InChI is InChI=1S/C21H23N3O5/c1-2-13-29-21(26)15-5-8-17(9-6-15)22-20(25)16-7-10-18(19(14-16)24(27)28)23-11-3-4-12-23/h5-10,14H,2-4,11-13H2,1H3,(H,22,25). The van der Waals surface area contributed by atoms with Gasteiger partial charge in [0.05, 0.1) is 17.1 Å². The number of nitrogens with zero attached hydrogens (tertiary/aromatic N) is 2. The molecule has 0 unspecified atom stereocenters. The van der Waals surface area contributed by atoms with E-state index >= 15 is 0 Å². The Morgan fingerprint density at radius 1 is 1.10 bits per heavy atom. The van der Waals surface area contributed by atoms with Crippen molar-refractivity contribution in [2.24, 2.45) is 0 Å². The lowest BCUT2D eigenvalue weighted by Crippen LogP contribution is -2.19. The van der Waals surface area contributed by atoms with Crippen LogP contribution in [0.5, 0.6) is 0 Å². The average Bonchev–Trinajstić information content (AvgIpc) is 3.26. The Balaban J connectivity index is 1.72. The molecule has 29 heavy (non-hydrogen) atoms. The van der Waals surface area contributed by atoms with E-state index in [4.69, 9.17) is 4.74 Å². The van der Waals surface area contributed by atoms with Gasteiger partial charge >= 0.3 is 5.97 Å². The molecule has 0 atom stereocenters. The summed E-state index contributed by atoms with van der Waals surface area (Å²) in [6.07, 6.45) is 2.74. The molecule has 3 rings (SSSR count). The Morgan fingerprint density at radius 2 is 1.76 bits per heavy atom. The van der Waals surface area contributed by atoms with Crippen LogP contribution in [-0.2, 0) is 4.74 Å². The van der Waals surface area contributed by atoms with Crippen LogP contribution in [0.4, 0.5) is 17.1 Å². The van der Waals surface area contributed by atoms with Crippen molar-refractivity contribution in [2.75, 3.05) is 29.9 Å². The number of nitro groups is 1. The lowest BCUT2D eigenvalue weighted by atomic mass is 10.1. The third-order valence-corrected chi connectivity index (χ3v) is 4.70. The van der Waals surface area contributed by atoms with E-state index < -0.39 is 16.8 Å². The van der Waals surface area contributed by atoms with Gasteiger partial charge < -0.3 is 15.0 Å². The summed E-state index contributed by atoms with van der Waals surface area (Å²) in [7, 11) is 0. The SMILES string of the molecule is CCCOC(=O)c1ccc(NC(=O)c2ccc(N3CCCC3)c([N+](=O)[O-])c2)cc1. The maximum Gasteiger partial charge on any atom is 0.338 e. The predicted octanol–water partition coefficient (Wildman–Crippen LogP) is 4.01. The summed E-state index contributed by atoms with van der Waals surface area (Å²) < 4.78 is 5.06. The van der Waals surface area contributed by atoms with E-state index in [9.17, 15) is 19.7 Å². The molecule has 0 saturated carbocycles. The number of hydrogen-bond donors (Lipinski definition) is 1. The molecule has 0 bridgehead atoms. The number of amides is 1. The van der Waals surface area contributed by atoms with E-state index in [2.05, 4.69) is 5.32 Å². The van der Waals surface area contributed by atoms with Crippen LogP contribution < -0.4 is 10.2 Å². The molecule has 1 aliphatic rings. The van der Waals surface area contributed by atoms with Crippen molar-refractivity contribution in [3.05, 3.63) is 63.7 Å². The first-order valence-electron chi connectivity index (χ1n) is 9.61. The maximum atomic E-state index is 12.5. The van der Waals surface area contributed by atoms with Crippen LogP contribution in [0.25, 0.3) is 0 Å². The lowest BCUT2D eigenvalue weighted by molar-refractivity contribution is -0.384. The number of anilines is 2. The number of ether oxygens (including phenoxy) is 1. The minimum Gasteiger partial charge on any atom is -0.462 e. The zero-order valence-electron chi connectivity index (χ0n) is 16.2. The van der Waals surface area contributed by atoms with E-state index in [1.54, 1.807) is 36.4 Å². The Morgan fingerprint density at radius 3 is 2.38 bits per heavy atom. The second kappa shape index (κ2) is 9.18. The minimum atomic E-state index is -0.457. The molecule has 1 N–H and O–H groups in total. The van der Waals surface area contributed by atoms with Gasteiger partial charge in [0.25, 0.3) is 11.6 Å². The first-order chi connectivity index (χ1) is 14.0. The summed E-state index contributed by atoms with van der Waals surface area (Å²) in [4.78, 5) is 37.4. The van der Waals surface area contributed by atoms with Gasteiger partial charge in [-0.3, -0.25) is 14.9 Å². The number of rotatable bonds is 7. The van der Waals surface area contributed by atoms with E-state index in [1.165, 1.54) is 6.07 Å². The van der Waals surface area contributed by atoms with Gasteiger partial charge in [-0.15, -0.1) is 0 Å². The summed E-state index contributed by atoms with van der Waals surface area (Å²) in [6.45, 7) is 3.82. The summed E-state index contributed by atoms with van der Waals surface area (Å²) in [5.41, 5.74) is 1.54. The molecule has 2 aromatic carbocycles. The monoisotopic (exact) mass is 397 g/mol. The molecular weight excluding hydrogens is 374 g/mol. The number of carbonyl (C=O) groups excluding carboxylic acids is 2. The largest absolute Gasteiger partial charge is 0.462 e. The highest BCUT2D eigenvalue weighted by Crippen LogP contribution is 2.31. The number of hydrogen-bond acceptors (Lipinski definition) is 6. The molecule has 0 spiro atoms. The third-order valence-electron chi connectivity index (χ3n) is 4.70. The summed E-state index contributed by atoms with van der Waals surface area (Å²) in [5, 5.41) is 14.2. The Labute approximate surface area is 168 Å². The zero-order chi connectivity index (χ0) is 20.8. The number of benzene rings is 2. The fourth-order valence-electron chi connectivity index (χ4n) is 3.21.